The summed E-state index contributed by atoms with van der Waals surface area (Å²) in [5.41, 5.74) is 1.96. The molecule has 1 aromatic heterocycles. The largest absolute Gasteiger partial charge is 0.377 e. The monoisotopic (exact) mass is 333 g/mol. The molecule has 0 aliphatic heterocycles. The molecule has 0 saturated heterocycles. The zero-order chi connectivity index (χ0) is 17.6. The molecule has 5 heteroatoms. The molecular weight excluding hydrogens is 316 g/mol. The van der Waals surface area contributed by atoms with E-state index in [1.165, 1.54) is 6.20 Å². The van der Waals surface area contributed by atoms with E-state index in [0.29, 0.717) is 24.5 Å². The van der Waals surface area contributed by atoms with Crippen LogP contribution >= 0.6 is 0 Å². The Balaban J connectivity index is 1.98. The van der Waals surface area contributed by atoms with Crippen LogP contribution in [0.5, 0.6) is 0 Å². The normalized spacial score (nSPS) is 10.6. The molecule has 0 spiro atoms. The van der Waals surface area contributed by atoms with E-state index in [-0.39, 0.29) is 11.6 Å². The lowest BCUT2D eigenvalue weighted by Gasteiger charge is -2.12. The fourth-order valence-electron chi connectivity index (χ4n) is 2.67. The number of carbonyl (C=O) groups is 1. The summed E-state index contributed by atoms with van der Waals surface area (Å²) in [6, 6.07) is 14.6. The van der Waals surface area contributed by atoms with E-state index >= 15 is 0 Å². The first-order chi connectivity index (χ1) is 12.2. The molecule has 0 saturated carbocycles. The van der Waals surface area contributed by atoms with Crippen molar-refractivity contribution < 1.29 is 14.3 Å². The number of rotatable bonds is 6. The molecule has 0 atom stereocenters. The van der Waals surface area contributed by atoms with E-state index in [4.69, 9.17) is 4.74 Å². The van der Waals surface area contributed by atoms with Gasteiger partial charge in [-0.1, -0.05) is 30.3 Å². The third kappa shape index (κ3) is 3.56. The molecule has 1 radical (unpaired) electrons. The maximum Gasteiger partial charge on any atom is 0.256 e. The molecule has 1 N–H and O–H groups in total. The number of benzene rings is 2. The maximum atomic E-state index is 12.7. The molecule has 125 valence electrons. The molecular formula is C20H17N2O3. The SMILES string of the molecule is CCOCc1ccc(C(=O)Nc2cccnc2[C]=O)c2ccccc12. The van der Waals surface area contributed by atoms with Crippen molar-refractivity contribution in [3.63, 3.8) is 0 Å². The summed E-state index contributed by atoms with van der Waals surface area (Å²) < 4.78 is 5.50. The smallest absolute Gasteiger partial charge is 0.256 e. The Morgan fingerprint density at radius 1 is 1.12 bits per heavy atom. The highest BCUT2D eigenvalue weighted by Gasteiger charge is 2.14. The van der Waals surface area contributed by atoms with E-state index in [9.17, 15) is 9.59 Å². The molecule has 3 rings (SSSR count). The number of nitrogens with one attached hydrogen (secondary N) is 1. The van der Waals surface area contributed by atoms with Crippen LogP contribution in [0.3, 0.4) is 0 Å². The molecule has 0 bridgehead atoms. The predicted molar refractivity (Wildman–Crippen MR) is 96.3 cm³/mol. The van der Waals surface area contributed by atoms with Crippen LogP contribution in [-0.4, -0.2) is 23.8 Å². The van der Waals surface area contributed by atoms with Gasteiger partial charge < -0.3 is 10.1 Å². The van der Waals surface area contributed by atoms with Crippen molar-refractivity contribution in [1.82, 2.24) is 4.98 Å². The molecule has 0 aliphatic rings. The summed E-state index contributed by atoms with van der Waals surface area (Å²) in [6.07, 6.45) is 3.21. The number of amides is 1. The van der Waals surface area contributed by atoms with Gasteiger partial charge in [0, 0.05) is 18.4 Å². The minimum absolute atomic E-state index is 0.0770. The summed E-state index contributed by atoms with van der Waals surface area (Å²) in [6.45, 7) is 3.06. The molecule has 25 heavy (non-hydrogen) atoms. The van der Waals surface area contributed by atoms with Gasteiger partial charge in [-0.25, -0.2) is 0 Å². The van der Waals surface area contributed by atoms with Crippen LogP contribution in [0.25, 0.3) is 10.8 Å². The quantitative estimate of drug-likeness (QED) is 0.750. The van der Waals surface area contributed by atoms with E-state index in [2.05, 4.69) is 10.3 Å². The molecule has 2 aromatic carbocycles. The maximum absolute atomic E-state index is 12.7. The van der Waals surface area contributed by atoms with E-state index in [0.717, 1.165) is 16.3 Å². The summed E-state index contributed by atoms with van der Waals surface area (Å²) in [5, 5.41) is 4.54. The number of nitrogens with zero attached hydrogens (tertiary/aromatic N) is 1. The molecule has 1 heterocycles. The Hall–Kier alpha value is -3.05. The van der Waals surface area contributed by atoms with Gasteiger partial charge in [0.1, 0.15) is 5.69 Å². The number of carbonyl (C=O) groups excluding carboxylic acids is 2. The zero-order valence-electron chi connectivity index (χ0n) is 13.8. The van der Waals surface area contributed by atoms with E-state index < -0.39 is 0 Å². The highest BCUT2D eigenvalue weighted by atomic mass is 16.5. The Kier molecular flexibility index (Phi) is 5.16. The third-order valence-corrected chi connectivity index (χ3v) is 3.87. The standard InChI is InChI=1S/C20H17N2O3/c1-2-25-13-14-9-10-17(16-7-4-3-6-15(14)16)20(24)22-18-8-5-11-21-19(18)12-23/h3-11H,2,13H2,1H3,(H,22,24). The summed E-state index contributed by atoms with van der Waals surface area (Å²) >= 11 is 0. The minimum Gasteiger partial charge on any atom is -0.377 e. The highest BCUT2D eigenvalue weighted by molar-refractivity contribution is 6.14. The first-order valence-corrected chi connectivity index (χ1v) is 7.97. The van der Waals surface area contributed by atoms with Crippen LogP contribution < -0.4 is 5.32 Å². The topological polar surface area (TPSA) is 68.3 Å². The number of hydrogen-bond acceptors (Lipinski definition) is 4. The lowest BCUT2D eigenvalue weighted by molar-refractivity contribution is 0.102. The molecule has 5 nitrogen and oxygen atoms in total. The molecule has 0 aliphatic carbocycles. The van der Waals surface area contributed by atoms with Crippen LogP contribution in [-0.2, 0) is 16.1 Å². The predicted octanol–water partition coefficient (Wildman–Crippen LogP) is 3.48. The van der Waals surface area contributed by atoms with Crippen molar-refractivity contribution in [3.05, 3.63) is 71.5 Å². The van der Waals surface area contributed by atoms with Crippen LogP contribution in [0.4, 0.5) is 5.69 Å². The van der Waals surface area contributed by atoms with Crippen molar-refractivity contribution in [2.45, 2.75) is 13.5 Å². The second-order valence-electron chi connectivity index (χ2n) is 5.41. The fourth-order valence-corrected chi connectivity index (χ4v) is 2.67. The van der Waals surface area contributed by atoms with Gasteiger partial charge in [0.15, 0.2) is 0 Å². The van der Waals surface area contributed by atoms with Gasteiger partial charge in [0.2, 0.25) is 0 Å². The molecule has 1 amide bonds. The number of aromatic nitrogens is 1. The number of hydrogen-bond donors (Lipinski definition) is 1. The van der Waals surface area contributed by atoms with Gasteiger partial charge in [0.05, 0.1) is 12.3 Å². The van der Waals surface area contributed by atoms with Crippen molar-refractivity contribution in [2.75, 3.05) is 11.9 Å². The van der Waals surface area contributed by atoms with Crippen molar-refractivity contribution >= 4 is 28.7 Å². The van der Waals surface area contributed by atoms with Crippen LogP contribution in [0.15, 0.2) is 54.7 Å². The Morgan fingerprint density at radius 2 is 1.92 bits per heavy atom. The van der Waals surface area contributed by atoms with Gasteiger partial charge in [-0.05, 0) is 41.5 Å². The second kappa shape index (κ2) is 7.68. The fraction of sp³-hybridized carbons (Fsp3) is 0.150. The van der Waals surface area contributed by atoms with Crippen LogP contribution in [0.2, 0.25) is 0 Å². The van der Waals surface area contributed by atoms with Crippen molar-refractivity contribution in [1.29, 1.82) is 0 Å². The Labute approximate surface area is 145 Å². The zero-order valence-corrected chi connectivity index (χ0v) is 13.8. The molecule has 0 fully saturated rings. The van der Waals surface area contributed by atoms with Crippen molar-refractivity contribution in [2.24, 2.45) is 0 Å². The summed E-state index contributed by atoms with van der Waals surface area (Å²) in [5.74, 6) is -0.302. The second-order valence-corrected chi connectivity index (χ2v) is 5.41. The first kappa shape index (κ1) is 16.8. The van der Waals surface area contributed by atoms with E-state index in [1.54, 1.807) is 24.5 Å². The number of anilines is 1. The van der Waals surface area contributed by atoms with Gasteiger partial charge in [-0.3, -0.25) is 14.6 Å². The van der Waals surface area contributed by atoms with Gasteiger partial charge in [0.25, 0.3) is 12.2 Å². The number of fused-ring (bicyclic) bond motifs is 1. The number of ether oxygens (including phenoxy) is 1. The minimum atomic E-state index is -0.302. The third-order valence-electron chi connectivity index (χ3n) is 3.87. The van der Waals surface area contributed by atoms with Gasteiger partial charge in [-0.15, -0.1) is 0 Å². The van der Waals surface area contributed by atoms with Crippen LogP contribution in [0, 0.1) is 0 Å². The van der Waals surface area contributed by atoms with Gasteiger partial charge >= 0.3 is 0 Å². The average Bonchev–Trinajstić information content (AvgIpc) is 2.66. The van der Waals surface area contributed by atoms with E-state index in [1.807, 2.05) is 37.3 Å². The van der Waals surface area contributed by atoms with Gasteiger partial charge in [-0.2, -0.15) is 0 Å². The highest BCUT2D eigenvalue weighted by Crippen LogP contribution is 2.24. The number of pyridine rings is 1. The molecule has 3 aromatic rings. The van der Waals surface area contributed by atoms with Crippen LogP contribution in [0.1, 0.15) is 28.5 Å². The average molecular weight is 333 g/mol. The first-order valence-electron chi connectivity index (χ1n) is 7.97. The Morgan fingerprint density at radius 3 is 2.68 bits per heavy atom. The Bertz CT molecular complexity index is 922. The lowest BCUT2D eigenvalue weighted by atomic mass is 9.99. The lowest BCUT2D eigenvalue weighted by Crippen LogP contribution is -2.14. The summed E-state index contributed by atoms with van der Waals surface area (Å²) in [4.78, 5) is 27.6. The van der Waals surface area contributed by atoms with Crippen molar-refractivity contribution in [3.8, 4) is 0 Å². The summed E-state index contributed by atoms with van der Waals surface area (Å²) in [7, 11) is 0. The molecule has 0 unspecified atom stereocenters.